The summed E-state index contributed by atoms with van der Waals surface area (Å²) >= 11 is 9.36. The third-order valence-corrected chi connectivity index (χ3v) is 3.32. The fourth-order valence-corrected chi connectivity index (χ4v) is 1.57. The normalized spacial score (nSPS) is 13.1. The highest BCUT2D eigenvalue weighted by molar-refractivity contribution is 8.14. The third-order valence-electron chi connectivity index (χ3n) is 0.893. The van der Waals surface area contributed by atoms with E-state index in [1.54, 1.807) is 0 Å². The number of thioether (sulfide) groups is 1. The summed E-state index contributed by atoms with van der Waals surface area (Å²) in [6.07, 6.45) is 1.03. The van der Waals surface area contributed by atoms with E-state index in [9.17, 15) is 4.79 Å². The van der Waals surface area contributed by atoms with Gasteiger partial charge in [-0.1, -0.05) is 18.7 Å². The van der Waals surface area contributed by atoms with Crippen LogP contribution >= 0.6 is 37.0 Å². The molecule has 0 spiro atoms. The molecule has 0 radical (unpaired) electrons. The molecule has 0 saturated heterocycles. The lowest BCUT2D eigenvalue weighted by molar-refractivity contribution is -0.110. The topological polar surface area (TPSA) is 17.1 Å². The molecule has 60 valence electrons. The number of carbonyl (C=O) groups is 1. The minimum Gasteiger partial charge on any atom is -0.286 e. The lowest BCUT2D eigenvalue weighted by atomic mass is 10.5. The highest BCUT2D eigenvalue weighted by Gasteiger charge is 2.10. The van der Waals surface area contributed by atoms with Crippen LogP contribution in [0.2, 0.25) is 0 Å². The fourth-order valence-electron chi connectivity index (χ4n) is 0.373. The number of hydrogen-bond donors (Lipinski definition) is 2. The number of thiol groups is 2. The Labute approximate surface area is 77.2 Å². The molecule has 0 aliphatic rings. The summed E-state index contributed by atoms with van der Waals surface area (Å²) in [5.41, 5.74) is 0. The lowest BCUT2D eigenvalue weighted by Crippen LogP contribution is -2.12. The first-order chi connectivity index (χ1) is 4.72. The van der Waals surface area contributed by atoms with E-state index >= 15 is 0 Å². The second-order valence-electron chi connectivity index (χ2n) is 1.87. The summed E-state index contributed by atoms with van der Waals surface area (Å²) < 4.78 is 0. The molecule has 0 saturated carbocycles. The predicted molar refractivity (Wildman–Crippen MR) is 54.4 cm³/mol. The second-order valence-corrected chi connectivity index (χ2v) is 3.95. The van der Waals surface area contributed by atoms with Crippen molar-refractivity contribution in [1.29, 1.82) is 0 Å². The van der Waals surface area contributed by atoms with Crippen LogP contribution in [0.4, 0.5) is 0 Å². The Morgan fingerprint density at radius 2 is 2.30 bits per heavy atom. The van der Waals surface area contributed by atoms with Gasteiger partial charge in [-0.2, -0.15) is 25.3 Å². The second kappa shape index (κ2) is 6.43. The largest absolute Gasteiger partial charge is 0.286 e. The van der Waals surface area contributed by atoms with E-state index in [2.05, 4.69) is 32.2 Å². The van der Waals surface area contributed by atoms with Crippen molar-refractivity contribution in [2.45, 2.75) is 18.6 Å². The SMILES string of the molecule is CCCSC(=O)C(S)CS. The van der Waals surface area contributed by atoms with Crippen LogP contribution in [0.25, 0.3) is 0 Å². The van der Waals surface area contributed by atoms with Crippen LogP contribution in [-0.2, 0) is 4.79 Å². The van der Waals surface area contributed by atoms with Crippen molar-refractivity contribution in [3.05, 3.63) is 0 Å². The molecule has 0 aromatic carbocycles. The van der Waals surface area contributed by atoms with E-state index in [1.165, 1.54) is 11.8 Å². The Kier molecular flexibility index (Phi) is 6.89. The van der Waals surface area contributed by atoms with Crippen molar-refractivity contribution in [3.63, 3.8) is 0 Å². The van der Waals surface area contributed by atoms with Gasteiger partial charge < -0.3 is 0 Å². The quantitative estimate of drug-likeness (QED) is 0.668. The summed E-state index contributed by atoms with van der Waals surface area (Å²) in [5.74, 6) is 1.42. The van der Waals surface area contributed by atoms with Crippen molar-refractivity contribution in [2.75, 3.05) is 11.5 Å². The lowest BCUT2D eigenvalue weighted by Gasteiger charge is -2.03. The maximum atomic E-state index is 11.0. The van der Waals surface area contributed by atoms with Crippen LogP contribution in [-0.4, -0.2) is 21.9 Å². The van der Waals surface area contributed by atoms with Crippen LogP contribution in [0.15, 0.2) is 0 Å². The molecule has 0 fully saturated rings. The van der Waals surface area contributed by atoms with Crippen LogP contribution in [0.3, 0.4) is 0 Å². The van der Waals surface area contributed by atoms with E-state index in [-0.39, 0.29) is 10.4 Å². The van der Waals surface area contributed by atoms with Crippen molar-refractivity contribution >= 4 is 42.1 Å². The van der Waals surface area contributed by atoms with Gasteiger partial charge >= 0.3 is 0 Å². The molecule has 0 aliphatic carbocycles. The fraction of sp³-hybridized carbons (Fsp3) is 0.833. The highest BCUT2D eigenvalue weighted by Crippen LogP contribution is 2.11. The molecule has 0 rings (SSSR count). The summed E-state index contributed by atoms with van der Waals surface area (Å²) in [6, 6.07) is 0. The minimum absolute atomic E-state index is 0.139. The van der Waals surface area contributed by atoms with Gasteiger partial charge in [0, 0.05) is 11.5 Å². The molecule has 0 bridgehead atoms. The molecule has 0 aliphatic heterocycles. The van der Waals surface area contributed by atoms with Gasteiger partial charge in [0.25, 0.3) is 0 Å². The Balaban J connectivity index is 3.42. The number of hydrogen-bond acceptors (Lipinski definition) is 4. The van der Waals surface area contributed by atoms with Gasteiger partial charge in [0.15, 0.2) is 0 Å². The van der Waals surface area contributed by atoms with E-state index < -0.39 is 0 Å². The van der Waals surface area contributed by atoms with Gasteiger partial charge in [0.1, 0.15) is 0 Å². The van der Waals surface area contributed by atoms with Gasteiger partial charge in [-0.15, -0.1) is 0 Å². The molecule has 0 aromatic heterocycles. The summed E-state index contributed by atoms with van der Waals surface area (Å²) in [5, 5.41) is -0.0555. The first kappa shape index (κ1) is 10.7. The Morgan fingerprint density at radius 3 is 2.70 bits per heavy atom. The molecule has 1 unspecified atom stereocenters. The highest BCUT2D eigenvalue weighted by atomic mass is 32.2. The molecule has 0 aromatic rings. The van der Waals surface area contributed by atoms with Crippen molar-refractivity contribution in [2.24, 2.45) is 0 Å². The maximum Gasteiger partial charge on any atom is 0.202 e. The summed E-state index contributed by atoms with van der Waals surface area (Å²) in [7, 11) is 0. The maximum absolute atomic E-state index is 11.0. The van der Waals surface area contributed by atoms with Crippen molar-refractivity contribution in [1.82, 2.24) is 0 Å². The molecule has 0 N–H and O–H groups in total. The molecular formula is C6H12OS3. The molecule has 1 atom stereocenters. The molecule has 0 heterocycles. The van der Waals surface area contributed by atoms with Crippen molar-refractivity contribution in [3.8, 4) is 0 Å². The Morgan fingerprint density at radius 1 is 1.70 bits per heavy atom. The smallest absolute Gasteiger partial charge is 0.202 e. The van der Waals surface area contributed by atoms with E-state index in [1.807, 2.05) is 0 Å². The van der Waals surface area contributed by atoms with Crippen LogP contribution in [0, 0.1) is 0 Å². The third kappa shape index (κ3) is 4.52. The van der Waals surface area contributed by atoms with Crippen LogP contribution < -0.4 is 0 Å². The molecule has 0 amide bonds. The Bertz CT molecular complexity index is 105. The van der Waals surface area contributed by atoms with Gasteiger partial charge in [-0.05, 0) is 6.42 Å². The first-order valence-electron chi connectivity index (χ1n) is 3.18. The zero-order valence-corrected chi connectivity index (χ0v) is 8.51. The monoisotopic (exact) mass is 196 g/mol. The average Bonchev–Trinajstić information content (AvgIpc) is 1.98. The Hall–Kier alpha value is 0.720. The van der Waals surface area contributed by atoms with Gasteiger partial charge in [-0.25, -0.2) is 0 Å². The van der Waals surface area contributed by atoms with Gasteiger partial charge in [0.2, 0.25) is 5.12 Å². The standard InChI is InChI=1S/C6H12OS3/c1-2-3-10-6(7)5(9)4-8/h5,8-9H,2-4H2,1H3. The molecular weight excluding hydrogens is 184 g/mol. The summed E-state index contributed by atoms with van der Waals surface area (Å²) in [6.45, 7) is 2.05. The van der Waals surface area contributed by atoms with Crippen LogP contribution in [0.5, 0.6) is 0 Å². The number of rotatable bonds is 4. The zero-order chi connectivity index (χ0) is 7.98. The average molecular weight is 196 g/mol. The van der Waals surface area contributed by atoms with Crippen LogP contribution in [0.1, 0.15) is 13.3 Å². The van der Waals surface area contributed by atoms with Gasteiger partial charge in [-0.3, -0.25) is 4.79 Å². The van der Waals surface area contributed by atoms with Gasteiger partial charge in [0.05, 0.1) is 5.25 Å². The van der Waals surface area contributed by atoms with Crippen molar-refractivity contribution < 1.29 is 4.79 Å². The molecule has 10 heavy (non-hydrogen) atoms. The van der Waals surface area contributed by atoms with E-state index in [0.29, 0.717) is 5.75 Å². The first-order valence-corrected chi connectivity index (χ1v) is 5.31. The van der Waals surface area contributed by atoms with E-state index in [0.717, 1.165) is 12.2 Å². The predicted octanol–water partition coefficient (Wildman–Crippen LogP) is 1.88. The van der Waals surface area contributed by atoms with E-state index in [4.69, 9.17) is 0 Å². The molecule has 1 nitrogen and oxygen atoms in total. The minimum atomic E-state index is -0.195. The zero-order valence-electron chi connectivity index (χ0n) is 5.91. The summed E-state index contributed by atoms with van der Waals surface area (Å²) in [4.78, 5) is 11.0. The number of carbonyl (C=O) groups excluding carboxylic acids is 1. The molecule has 4 heteroatoms.